The molecule has 4 nitrogen and oxygen atoms in total. The monoisotopic (exact) mass is 317 g/mol. The van der Waals surface area contributed by atoms with Crippen LogP contribution in [0, 0.1) is 0 Å². The van der Waals surface area contributed by atoms with Crippen LogP contribution in [0.15, 0.2) is 30.5 Å². The van der Waals surface area contributed by atoms with Crippen molar-refractivity contribution < 1.29 is 4.79 Å². The number of fused-ring (bicyclic) bond motifs is 1. The zero-order chi connectivity index (χ0) is 15.4. The Morgan fingerprint density at radius 2 is 2.36 bits per heavy atom. The molecule has 0 radical (unpaired) electrons. The Morgan fingerprint density at radius 1 is 1.45 bits per heavy atom. The lowest BCUT2D eigenvalue weighted by Gasteiger charge is -2.22. The van der Waals surface area contributed by atoms with Crippen molar-refractivity contribution in [1.29, 1.82) is 0 Å². The van der Waals surface area contributed by atoms with Crippen LogP contribution in [-0.2, 0) is 11.3 Å². The Balaban J connectivity index is 1.64. The first-order valence-electron chi connectivity index (χ1n) is 7.96. The number of thioether (sulfide) groups is 1. The SMILES string of the molecule is CCCn1ccc2cc(NC(=O)CC3CSCCN3)ccc21. The fraction of sp³-hybridized carbons (Fsp3) is 0.471. The van der Waals surface area contributed by atoms with Crippen LogP contribution in [0.25, 0.3) is 10.9 Å². The second kappa shape index (κ2) is 7.20. The minimum Gasteiger partial charge on any atom is -0.347 e. The topological polar surface area (TPSA) is 46.1 Å². The number of benzene rings is 1. The van der Waals surface area contributed by atoms with Gasteiger partial charge in [0.1, 0.15) is 0 Å². The number of carbonyl (C=O) groups is 1. The van der Waals surface area contributed by atoms with Crippen molar-refractivity contribution in [2.24, 2.45) is 0 Å². The third-order valence-corrected chi connectivity index (χ3v) is 5.08. The van der Waals surface area contributed by atoms with Gasteiger partial charge in [0, 0.05) is 59.8 Å². The number of carbonyl (C=O) groups excluding carboxylic acids is 1. The number of aromatic nitrogens is 1. The summed E-state index contributed by atoms with van der Waals surface area (Å²) in [5.41, 5.74) is 2.11. The minimum absolute atomic E-state index is 0.0901. The lowest BCUT2D eigenvalue weighted by Crippen LogP contribution is -2.39. The van der Waals surface area contributed by atoms with E-state index in [0.717, 1.165) is 36.7 Å². The average molecular weight is 317 g/mol. The predicted molar refractivity (Wildman–Crippen MR) is 94.6 cm³/mol. The molecule has 5 heteroatoms. The summed E-state index contributed by atoms with van der Waals surface area (Å²) in [5.74, 6) is 2.25. The highest BCUT2D eigenvalue weighted by Gasteiger charge is 2.16. The number of hydrogen-bond acceptors (Lipinski definition) is 3. The lowest BCUT2D eigenvalue weighted by atomic mass is 10.2. The van der Waals surface area contributed by atoms with Crippen LogP contribution in [0.1, 0.15) is 19.8 Å². The lowest BCUT2D eigenvalue weighted by molar-refractivity contribution is -0.116. The van der Waals surface area contributed by atoms with E-state index in [4.69, 9.17) is 0 Å². The van der Waals surface area contributed by atoms with E-state index in [1.807, 2.05) is 17.8 Å². The maximum absolute atomic E-state index is 12.2. The molecule has 1 aromatic heterocycles. The van der Waals surface area contributed by atoms with E-state index in [0.29, 0.717) is 12.5 Å². The van der Waals surface area contributed by atoms with E-state index < -0.39 is 0 Å². The first-order chi connectivity index (χ1) is 10.8. The van der Waals surface area contributed by atoms with Crippen LogP contribution in [0.2, 0.25) is 0 Å². The van der Waals surface area contributed by atoms with Crippen LogP contribution in [0.4, 0.5) is 5.69 Å². The van der Waals surface area contributed by atoms with Crippen LogP contribution < -0.4 is 10.6 Å². The normalized spacial score (nSPS) is 18.5. The van der Waals surface area contributed by atoms with Gasteiger partial charge in [-0.3, -0.25) is 4.79 Å². The smallest absolute Gasteiger partial charge is 0.225 e. The van der Waals surface area contributed by atoms with Crippen LogP contribution >= 0.6 is 11.8 Å². The van der Waals surface area contributed by atoms with Crippen molar-refractivity contribution in [3.8, 4) is 0 Å². The van der Waals surface area contributed by atoms with E-state index >= 15 is 0 Å². The number of anilines is 1. The number of nitrogens with one attached hydrogen (secondary N) is 2. The first kappa shape index (κ1) is 15.4. The van der Waals surface area contributed by atoms with Gasteiger partial charge in [-0.1, -0.05) is 6.92 Å². The van der Waals surface area contributed by atoms with Crippen LogP contribution in [0.3, 0.4) is 0 Å². The van der Waals surface area contributed by atoms with E-state index in [1.54, 1.807) is 0 Å². The summed E-state index contributed by atoms with van der Waals surface area (Å²) >= 11 is 1.92. The summed E-state index contributed by atoms with van der Waals surface area (Å²) in [6.45, 7) is 4.21. The highest BCUT2D eigenvalue weighted by atomic mass is 32.2. The van der Waals surface area contributed by atoms with Gasteiger partial charge in [-0.15, -0.1) is 0 Å². The van der Waals surface area contributed by atoms with Gasteiger partial charge in [0.25, 0.3) is 0 Å². The zero-order valence-corrected chi connectivity index (χ0v) is 13.8. The summed E-state index contributed by atoms with van der Waals surface area (Å²) in [5, 5.41) is 7.60. The minimum atomic E-state index is 0.0901. The molecule has 2 aromatic rings. The van der Waals surface area contributed by atoms with Gasteiger partial charge in [-0.25, -0.2) is 0 Å². The number of hydrogen-bond donors (Lipinski definition) is 2. The van der Waals surface area contributed by atoms with Gasteiger partial charge in [0.2, 0.25) is 5.91 Å². The molecule has 0 bridgehead atoms. The summed E-state index contributed by atoms with van der Waals surface area (Å²) in [4.78, 5) is 12.2. The van der Waals surface area contributed by atoms with Gasteiger partial charge in [-0.2, -0.15) is 11.8 Å². The van der Waals surface area contributed by atoms with E-state index in [-0.39, 0.29) is 5.91 Å². The van der Waals surface area contributed by atoms with Gasteiger partial charge < -0.3 is 15.2 Å². The molecule has 1 aliphatic rings. The molecule has 1 atom stereocenters. The Morgan fingerprint density at radius 3 is 3.14 bits per heavy atom. The van der Waals surface area contributed by atoms with Crippen LogP contribution in [-0.4, -0.2) is 34.6 Å². The van der Waals surface area contributed by atoms with Crippen molar-refractivity contribution in [2.75, 3.05) is 23.4 Å². The highest BCUT2D eigenvalue weighted by molar-refractivity contribution is 7.99. The Labute approximate surface area is 135 Å². The molecule has 1 aromatic carbocycles. The number of nitrogens with zero attached hydrogens (tertiary/aromatic N) is 1. The second-order valence-electron chi connectivity index (χ2n) is 5.76. The van der Waals surface area contributed by atoms with E-state index in [9.17, 15) is 4.79 Å². The molecule has 1 aliphatic heterocycles. The molecule has 0 saturated carbocycles. The van der Waals surface area contributed by atoms with Gasteiger partial charge >= 0.3 is 0 Å². The van der Waals surface area contributed by atoms with E-state index in [2.05, 4.69) is 46.5 Å². The fourth-order valence-corrected chi connectivity index (χ4v) is 3.85. The molecule has 1 fully saturated rings. The summed E-state index contributed by atoms with van der Waals surface area (Å²) < 4.78 is 2.25. The second-order valence-corrected chi connectivity index (χ2v) is 6.91. The number of amides is 1. The van der Waals surface area contributed by atoms with Gasteiger partial charge in [0.05, 0.1) is 0 Å². The van der Waals surface area contributed by atoms with Crippen molar-refractivity contribution in [2.45, 2.75) is 32.4 Å². The largest absolute Gasteiger partial charge is 0.347 e. The maximum Gasteiger partial charge on any atom is 0.225 e. The summed E-state index contributed by atoms with van der Waals surface area (Å²) in [7, 11) is 0. The molecule has 118 valence electrons. The Kier molecular flexibility index (Phi) is 5.05. The molecule has 2 heterocycles. The summed E-state index contributed by atoms with van der Waals surface area (Å²) in [6.07, 6.45) is 3.78. The molecular formula is C17H23N3OS. The molecule has 2 N–H and O–H groups in total. The molecular weight excluding hydrogens is 294 g/mol. The first-order valence-corrected chi connectivity index (χ1v) is 9.11. The zero-order valence-electron chi connectivity index (χ0n) is 13.0. The van der Waals surface area contributed by atoms with Gasteiger partial charge in [-0.05, 0) is 30.7 Å². The molecule has 1 amide bonds. The molecule has 22 heavy (non-hydrogen) atoms. The Bertz CT molecular complexity index is 646. The fourth-order valence-electron chi connectivity index (χ4n) is 2.90. The van der Waals surface area contributed by atoms with Crippen molar-refractivity contribution >= 4 is 34.3 Å². The molecule has 0 spiro atoms. The quantitative estimate of drug-likeness (QED) is 0.891. The number of rotatable bonds is 5. The molecule has 0 aliphatic carbocycles. The third kappa shape index (κ3) is 3.65. The van der Waals surface area contributed by atoms with Gasteiger partial charge in [0.15, 0.2) is 0 Å². The van der Waals surface area contributed by atoms with Crippen molar-refractivity contribution in [1.82, 2.24) is 9.88 Å². The highest BCUT2D eigenvalue weighted by Crippen LogP contribution is 2.21. The standard InChI is InChI=1S/C17H23N3OS/c1-2-7-20-8-5-13-10-14(3-4-16(13)20)19-17(21)11-15-12-22-9-6-18-15/h3-5,8,10,15,18H,2,6-7,9,11-12H2,1H3,(H,19,21). The maximum atomic E-state index is 12.2. The average Bonchev–Trinajstić information content (AvgIpc) is 2.91. The van der Waals surface area contributed by atoms with E-state index in [1.165, 1.54) is 10.9 Å². The predicted octanol–water partition coefficient (Wildman–Crippen LogP) is 3.08. The molecule has 3 rings (SSSR count). The third-order valence-electron chi connectivity index (χ3n) is 3.95. The number of aryl methyl sites for hydroxylation is 1. The van der Waals surface area contributed by atoms with Crippen molar-refractivity contribution in [3.63, 3.8) is 0 Å². The van der Waals surface area contributed by atoms with Crippen molar-refractivity contribution in [3.05, 3.63) is 30.5 Å². The molecule has 1 saturated heterocycles. The summed E-state index contributed by atoms with van der Waals surface area (Å²) in [6, 6.07) is 8.56. The molecule has 1 unspecified atom stereocenters. The van der Waals surface area contributed by atoms with Crippen LogP contribution in [0.5, 0.6) is 0 Å². The Hall–Kier alpha value is -1.46.